The fourth-order valence-corrected chi connectivity index (χ4v) is 1.14. The SMILES string of the molecule is COCCC(C)=CCCC(C)(C)Cl. The summed E-state index contributed by atoms with van der Waals surface area (Å²) in [5.41, 5.74) is 1.39. The highest BCUT2D eigenvalue weighted by Crippen LogP contribution is 2.20. The predicted molar refractivity (Wildman–Crippen MR) is 59.4 cm³/mol. The molecule has 2 heteroatoms. The minimum atomic E-state index is -0.0714. The van der Waals surface area contributed by atoms with Gasteiger partial charge in [-0.3, -0.25) is 0 Å². The van der Waals surface area contributed by atoms with E-state index in [-0.39, 0.29) is 4.87 Å². The Balaban J connectivity index is 3.59. The van der Waals surface area contributed by atoms with Crippen molar-refractivity contribution in [3.8, 4) is 0 Å². The van der Waals surface area contributed by atoms with E-state index in [0.717, 1.165) is 25.9 Å². The van der Waals surface area contributed by atoms with Crippen LogP contribution in [-0.4, -0.2) is 18.6 Å². The van der Waals surface area contributed by atoms with Crippen LogP contribution in [0.4, 0.5) is 0 Å². The van der Waals surface area contributed by atoms with Gasteiger partial charge < -0.3 is 4.74 Å². The summed E-state index contributed by atoms with van der Waals surface area (Å²) in [4.78, 5) is -0.0714. The van der Waals surface area contributed by atoms with Crippen LogP contribution in [0.3, 0.4) is 0 Å². The second-order valence-electron chi connectivity index (χ2n) is 4.05. The number of ether oxygens (including phenoxy) is 1. The number of rotatable bonds is 6. The molecule has 0 spiro atoms. The standard InChI is InChI=1S/C11H21ClO/c1-10(7-9-13-4)6-5-8-11(2,3)12/h6H,5,7-9H2,1-4H3. The van der Waals surface area contributed by atoms with Crippen molar-refractivity contribution in [2.45, 2.75) is 44.9 Å². The number of alkyl halides is 1. The number of halogens is 1. The van der Waals surface area contributed by atoms with Gasteiger partial charge >= 0.3 is 0 Å². The fraction of sp³-hybridized carbons (Fsp3) is 0.818. The highest BCUT2D eigenvalue weighted by molar-refractivity contribution is 6.23. The first kappa shape index (κ1) is 13.0. The number of hydrogen-bond acceptors (Lipinski definition) is 1. The third-order valence-corrected chi connectivity index (χ3v) is 2.12. The van der Waals surface area contributed by atoms with Crippen molar-refractivity contribution in [3.05, 3.63) is 11.6 Å². The number of allylic oxidation sites excluding steroid dienone is 1. The molecule has 0 atom stereocenters. The van der Waals surface area contributed by atoms with Crippen molar-refractivity contribution < 1.29 is 4.74 Å². The summed E-state index contributed by atoms with van der Waals surface area (Å²) >= 11 is 6.07. The van der Waals surface area contributed by atoms with Crippen LogP contribution in [0.1, 0.15) is 40.0 Å². The molecule has 0 rings (SSSR count). The lowest BCUT2D eigenvalue weighted by atomic mass is 10.1. The summed E-state index contributed by atoms with van der Waals surface area (Å²) in [6, 6.07) is 0. The van der Waals surface area contributed by atoms with Gasteiger partial charge in [-0.2, -0.15) is 0 Å². The van der Waals surface area contributed by atoms with E-state index in [2.05, 4.69) is 13.0 Å². The molecule has 0 N–H and O–H groups in total. The molecular formula is C11H21ClO. The van der Waals surface area contributed by atoms with Gasteiger partial charge in [0.05, 0.1) is 0 Å². The highest BCUT2D eigenvalue weighted by Gasteiger charge is 2.10. The minimum absolute atomic E-state index is 0.0714. The van der Waals surface area contributed by atoms with E-state index in [9.17, 15) is 0 Å². The quantitative estimate of drug-likeness (QED) is 0.473. The van der Waals surface area contributed by atoms with Gasteiger partial charge in [-0.05, 0) is 40.0 Å². The maximum atomic E-state index is 6.07. The van der Waals surface area contributed by atoms with Crippen LogP contribution < -0.4 is 0 Å². The van der Waals surface area contributed by atoms with Gasteiger partial charge in [-0.25, -0.2) is 0 Å². The molecule has 0 saturated carbocycles. The fourth-order valence-electron chi connectivity index (χ4n) is 1.03. The van der Waals surface area contributed by atoms with Gasteiger partial charge in [0.15, 0.2) is 0 Å². The average Bonchev–Trinajstić information content (AvgIpc) is 1.98. The van der Waals surface area contributed by atoms with Gasteiger partial charge in [0, 0.05) is 18.6 Å². The third kappa shape index (κ3) is 9.91. The molecule has 0 radical (unpaired) electrons. The molecule has 0 amide bonds. The van der Waals surface area contributed by atoms with E-state index in [1.165, 1.54) is 5.57 Å². The minimum Gasteiger partial charge on any atom is -0.384 e. The molecule has 0 saturated heterocycles. The molecule has 0 fully saturated rings. The lowest BCUT2D eigenvalue weighted by molar-refractivity contribution is 0.202. The first-order valence-corrected chi connectivity index (χ1v) is 5.17. The van der Waals surface area contributed by atoms with Crippen molar-refractivity contribution in [2.24, 2.45) is 0 Å². The second kappa shape index (κ2) is 6.44. The first-order valence-electron chi connectivity index (χ1n) is 4.79. The summed E-state index contributed by atoms with van der Waals surface area (Å²) in [6.45, 7) is 7.05. The smallest absolute Gasteiger partial charge is 0.0499 e. The topological polar surface area (TPSA) is 9.23 Å². The summed E-state index contributed by atoms with van der Waals surface area (Å²) < 4.78 is 4.99. The number of hydrogen-bond donors (Lipinski definition) is 0. The average molecular weight is 205 g/mol. The molecule has 0 aromatic heterocycles. The van der Waals surface area contributed by atoms with Crippen LogP contribution >= 0.6 is 11.6 Å². The van der Waals surface area contributed by atoms with Crippen molar-refractivity contribution >= 4 is 11.6 Å². The van der Waals surface area contributed by atoms with Crippen molar-refractivity contribution in [1.82, 2.24) is 0 Å². The molecule has 1 nitrogen and oxygen atoms in total. The van der Waals surface area contributed by atoms with Crippen LogP contribution in [0.5, 0.6) is 0 Å². The summed E-state index contributed by atoms with van der Waals surface area (Å²) in [6.07, 6.45) is 5.37. The Hall–Kier alpha value is -0.0100. The monoisotopic (exact) mass is 204 g/mol. The van der Waals surface area contributed by atoms with Crippen LogP contribution in [0.25, 0.3) is 0 Å². The van der Waals surface area contributed by atoms with E-state index in [0.29, 0.717) is 0 Å². The third-order valence-electron chi connectivity index (χ3n) is 1.93. The Kier molecular flexibility index (Phi) is 6.44. The maximum Gasteiger partial charge on any atom is 0.0499 e. The van der Waals surface area contributed by atoms with Gasteiger partial charge in [0.2, 0.25) is 0 Å². The lowest BCUT2D eigenvalue weighted by Gasteiger charge is -2.13. The lowest BCUT2D eigenvalue weighted by Crippen LogP contribution is -2.08. The highest BCUT2D eigenvalue weighted by atomic mass is 35.5. The molecule has 0 aromatic rings. The summed E-state index contributed by atoms with van der Waals surface area (Å²) in [5, 5.41) is 0. The molecule has 0 aromatic carbocycles. The van der Waals surface area contributed by atoms with E-state index >= 15 is 0 Å². The molecule has 0 aliphatic carbocycles. The van der Waals surface area contributed by atoms with E-state index < -0.39 is 0 Å². The summed E-state index contributed by atoms with van der Waals surface area (Å²) in [7, 11) is 1.73. The van der Waals surface area contributed by atoms with E-state index in [1.807, 2.05) is 13.8 Å². The normalized spacial score (nSPS) is 13.5. The number of methoxy groups -OCH3 is 1. The molecule has 78 valence electrons. The molecular weight excluding hydrogens is 184 g/mol. The Bertz CT molecular complexity index is 156. The predicted octanol–water partition coefficient (Wildman–Crippen LogP) is 3.77. The van der Waals surface area contributed by atoms with Crippen LogP contribution in [-0.2, 0) is 4.74 Å². The Morgan fingerprint density at radius 1 is 1.46 bits per heavy atom. The molecule has 0 bridgehead atoms. The van der Waals surface area contributed by atoms with E-state index in [4.69, 9.17) is 16.3 Å². The van der Waals surface area contributed by atoms with Crippen LogP contribution in [0, 0.1) is 0 Å². The Labute approximate surface area is 87.1 Å². The van der Waals surface area contributed by atoms with Gasteiger partial charge in [0.1, 0.15) is 0 Å². The first-order chi connectivity index (χ1) is 5.95. The van der Waals surface area contributed by atoms with Crippen molar-refractivity contribution in [2.75, 3.05) is 13.7 Å². The van der Waals surface area contributed by atoms with Gasteiger partial charge in [-0.15, -0.1) is 11.6 Å². The molecule has 0 heterocycles. The van der Waals surface area contributed by atoms with Crippen molar-refractivity contribution in [1.29, 1.82) is 0 Å². The van der Waals surface area contributed by atoms with Crippen LogP contribution in [0.2, 0.25) is 0 Å². The zero-order valence-electron chi connectivity index (χ0n) is 9.19. The molecule has 0 aliphatic heterocycles. The maximum absolute atomic E-state index is 6.07. The van der Waals surface area contributed by atoms with Crippen molar-refractivity contribution in [3.63, 3.8) is 0 Å². The Morgan fingerprint density at radius 2 is 2.08 bits per heavy atom. The molecule has 0 unspecified atom stereocenters. The van der Waals surface area contributed by atoms with Crippen LogP contribution in [0.15, 0.2) is 11.6 Å². The Morgan fingerprint density at radius 3 is 2.54 bits per heavy atom. The largest absolute Gasteiger partial charge is 0.384 e. The molecule has 0 aliphatic rings. The van der Waals surface area contributed by atoms with E-state index in [1.54, 1.807) is 7.11 Å². The van der Waals surface area contributed by atoms with Gasteiger partial charge in [-0.1, -0.05) is 11.6 Å². The zero-order chi connectivity index (χ0) is 10.3. The zero-order valence-corrected chi connectivity index (χ0v) is 9.95. The second-order valence-corrected chi connectivity index (χ2v) is 5.07. The van der Waals surface area contributed by atoms with Gasteiger partial charge in [0.25, 0.3) is 0 Å². The summed E-state index contributed by atoms with van der Waals surface area (Å²) in [5.74, 6) is 0. The molecule has 13 heavy (non-hydrogen) atoms.